The fraction of sp³-hybridized carbons (Fsp3) is 0.500. The topological polar surface area (TPSA) is 43.1 Å². The molecular formula is C14H18ClNO. The Kier molecular flexibility index (Phi) is 3.28. The molecule has 1 aliphatic rings. The normalized spacial score (nSPS) is 18.8. The lowest BCUT2D eigenvalue weighted by Crippen LogP contribution is -2.47. The summed E-state index contributed by atoms with van der Waals surface area (Å²) in [6.07, 6.45) is 2.48. The van der Waals surface area contributed by atoms with E-state index in [2.05, 4.69) is 0 Å². The van der Waals surface area contributed by atoms with E-state index in [0.29, 0.717) is 17.4 Å². The van der Waals surface area contributed by atoms with Gasteiger partial charge in [-0.2, -0.15) is 0 Å². The summed E-state index contributed by atoms with van der Waals surface area (Å²) in [5.74, 6) is 0.449. The molecule has 2 N–H and O–H groups in total. The second kappa shape index (κ2) is 4.43. The third kappa shape index (κ3) is 2.70. The van der Waals surface area contributed by atoms with E-state index in [4.69, 9.17) is 17.3 Å². The lowest BCUT2D eigenvalue weighted by atomic mass is 9.88. The Morgan fingerprint density at radius 1 is 1.53 bits per heavy atom. The maximum absolute atomic E-state index is 12.2. The average molecular weight is 252 g/mol. The number of hydrogen-bond donors (Lipinski definition) is 1. The molecule has 92 valence electrons. The molecule has 0 heterocycles. The van der Waals surface area contributed by atoms with E-state index in [-0.39, 0.29) is 5.78 Å². The van der Waals surface area contributed by atoms with Crippen LogP contribution in [0.25, 0.3) is 0 Å². The van der Waals surface area contributed by atoms with Crippen molar-refractivity contribution in [2.45, 2.75) is 38.6 Å². The molecule has 0 saturated heterocycles. The highest BCUT2D eigenvalue weighted by Crippen LogP contribution is 2.39. The van der Waals surface area contributed by atoms with Gasteiger partial charge in [0.2, 0.25) is 0 Å². The van der Waals surface area contributed by atoms with Gasteiger partial charge in [-0.25, -0.2) is 0 Å². The Morgan fingerprint density at radius 2 is 2.18 bits per heavy atom. The van der Waals surface area contributed by atoms with Gasteiger partial charge in [0.05, 0.1) is 5.54 Å². The van der Waals surface area contributed by atoms with E-state index in [1.165, 1.54) is 0 Å². The van der Waals surface area contributed by atoms with E-state index < -0.39 is 5.54 Å². The summed E-state index contributed by atoms with van der Waals surface area (Å²) in [5.41, 5.74) is 7.39. The van der Waals surface area contributed by atoms with Crippen molar-refractivity contribution >= 4 is 17.4 Å². The van der Waals surface area contributed by atoms with Crippen LogP contribution in [0.1, 0.15) is 30.9 Å². The molecule has 1 atom stereocenters. The zero-order valence-electron chi connectivity index (χ0n) is 10.3. The van der Waals surface area contributed by atoms with Crippen molar-refractivity contribution in [3.63, 3.8) is 0 Å². The Hall–Kier alpha value is -0.860. The number of carbonyl (C=O) groups is 1. The molecule has 0 aliphatic heterocycles. The van der Waals surface area contributed by atoms with Crippen molar-refractivity contribution in [3.8, 4) is 0 Å². The molecular weight excluding hydrogens is 234 g/mol. The molecule has 0 bridgehead atoms. The molecule has 1 aromatic carbocycles. The van der Waals surface area contributed by atoms with E-state index in [0.717, 1.165) is 24.0 Å². The second-order valence-electron chi connectivity index (χ2n) is 5.25. The highest BCUT2D eigenvalue weighted by atomic mass is 35.5. The molecule has 0 aromatic heterocycles. The van der Waals surface area contributed by atoms with Crippen LogP contribution in [-0.4, -0.2) is 11.3 Å². The van der Waals surface area contributed by atoms with Gasteiger partial charge in [-0.1, -0.05) is 23.7 Å². The summed E-state index contributed by atoms with van der Waals surface area (Å²) in [6.45, 7) is 3.82. The van der Waals surface area contributed by atoms with Gasteiger partial charge in [0.15, 0.2) is 5.78 Å². The maximum Gasteiger partial charge on any atom is 0.157 e. The Labute approximate surface area is 107 Å². The standard InChI is InChI=1S/C14H18ClNO/c1-9-3-4-10(12(15)7-9)8-13(17)14(2,16)11-5-6-11/h3-4,7,11H,5-6,8,16H2,1-2H3. The predicted octanol–water partition coefficient (Wildman–Crippen LogP) is 2.89. The van der Waals surface area contributed by atoms with Crippen LogP contribution in [0, 0.1) is 12.8 Å². The van der Waals surface area contributed by atoms with E-state index >= 15 is 0 Å². The van der Waals surface area contributed by atoms with Gasteiger partial charge in [-0.15, -0.1) is 0 Å². The number of nitrogens with two attached hydrogens (primary N) is 1. The van der Waals surface area contributed by atoms with Crippen molar-refractivity contribution in [1.29, 1.82) is 0 Å². The van der Waals surface area contributed by atoms with E-state index in [9.17, 15) is 4.79 Å². The van der Waals surface area contributed by atoms with E-state index in [1.54, 1.807) is 0 Å². The summed E-state index contributed by atoms with van der Waals surface area (Å²) in [5, 5.41) is 0.657. The zero-order valence-corrected chi connectivity index (χ0v) is 11.1. The number of ketones is 1. The Morgan fingerprint density at radius 3 is 2.71 bits per heavy atom. The molecule has 1 aliphatic carbocycles. The van der Waals surface area contributed by atoms with Gasteiger partial charge >= 0.3 is 0 Å². The van der Waals surface area contributed by atoms with Crippen LogP contribution in [-0.2, 0) is 11.2 Å². The lowest BCUT2D eigenvalue weighted by molar-refractivity contribution is -0.123. The molecule has 1 saturated carbocycles. The van der Waals surface area contributed by atoms with Crippen LogP contribution in [0.15, 0.2) is 18.2 Å². The maximum atomic E-state index is 12.2. The van der Waals surface area contributed by atoms with Gasteiger partial charge in [-0.3, -0.25) is 4.79 Å². The van der Waals surface area contributed by atoms with Crippen molar-refractivity contribution in [3.05, 3.63) is 34.3 Å². The van der Waals surface area contributed by atoms with Crippen molar-refractivity contribution in [1.82, 2.24) is 0 Å². The number of rotatable bonds is 4. The molecule has 0 radical (unpaired) electrons. The first-order valence-electron chi connectivity index (χ1n) is 5.98. The number of carbonyl (C=O) groups excluding carboxylic acids is 1. The number of hydrogen-bond acceptors (Lipinski definition) is 2. The predicted molar refractivity (Wildman–Crippen MR) is 70.2 cm³/mol. The molecule has 17 heavy (non-hydrogen) atoms. The molecule has 1 fully saturated rings. The number of benzene rings is 1. The van der Waals surface area contributed by atoms with Crippen molar-refractivity contribution in [2.75, 3.05) is 0 Å². The number of Topliss-reactive ketones (excluding diaryl/α,β-unsaturated/α-hetero) is 1. The fourth-order valence-corrected chi connectivity index (χ4v) is 2.37. The molecule has 1 aromatic rings. The highest BCUT2D eigenvalue weighted by Gasteiger charge is 2.43. The Balaban J connectivity index is 2.12. The first-order valence-corrected chi connectivity index (χ1v) is 6.36. The molecule has 1 unspecified atom stereocenters. The van der Waals surface area contributed by atoms with E-state index in [1.807, 2.05) is 32.0 Å². The van der Waals surface area contributed by atoms with Crippen LogP contribution >= 0.6 is 11.6 Å². The van der Waals surface area contributed by atoms with Crippen LogP contribution < -0.4 is 5.73 Å². The lowest BCUT2D eigenvalue weighted by Gasteiger charge is -2.22. The van der Waals surface area contributed by atoms with Crippen LogP contribution in [0.5, 0.6) is 0 Å². The second-order valence-corrected chi connectivity index (χ2v) is 5.66. The zero-order chi connectivity index (χ0) is 12.6. The molecule has 0 spiro atoms. The average Bonchev–Trinajstić information content (AvgIpc) is 3.05. The minimum atomic E-state index is -0.686. The first-order chi connectivity index (χ1) is 7.91. The van der Waals surface area contributed by atoms with Crippen molar-refractivity contribution < 1.29 is 4.79 Å². The van der Waals surface area contributed by atoms with Gasteiger partial charge in [0, 0.05) is 11.4 Å². The summed E-state index contributed by atoms with van der Waals surface area (Å²) < 4.78 is 0. The Bertz CT molecular complexity index is 450. The fourth-order valence-electron chi connectivity index (χ4n) is 2.07. The minimum absolute atomic E-state index is 0.0887. The summed E-state index contributed by atoms with van der Waals surface area (Å²) in [7, 11) is 0. The number of aryl methyl sites for hydroxylation is 1. The largest absolute Gasteiger partial charge is 0.319 e. The van der Waals surface area contributed by atoms with Gasteiger partial charge < -0.3 is 5.73 Å². The monoisotopic (exact) mass is 251 g/mol. The SMILES string of the molecule is Cc1ccc(CC(=O)C(C)(N)C2CC2)c(Cl)c1. The smallest absolute Gasteiger partial charge is 0.157 e. The summed E-state index contributed by atoms with van der Waals surface area (Å²) in [6, 6.07) is 5.77. The quantitative estimate of drug-likeness (QED) is 0.894. The number of halogens is 1. The molecule has 0 amide bonds. The molecule has 2 rings (SSSR count). The van der Waals surface area contributed by atoms with Crippen molar-refractivity contribution in [2.24, 2.45) is 11.7 Å². The van der Waals surface area contributed by atoms with Gasteiger partial charge in [0.25, 0.3) is 0 Å². The van der Waals surface area contributed by atoms with Crippen LogP contribution in [0.4, 0.5) is 0 Å². The summed E-state index contributed by atoms with van der Waals surface area (Å²) in [4.78, 5) is 12.2. The highest BCUT2D eigenvalue weighted by molar-refractivity contribution is 6.31. The molecule has 2 nitrogen and oxygen atoms in total. The third-order valence-corrected chi connectivity index (χ3v) is 3.94. The molecule has 3 heteroatoms. The van der Waals surface area contributed by atoms with Gasteiger partial charge in [-0.05, 0) is 49.8 Å². The first kappa shape index (κ1) is 12.6. The van der Waals surface area contributed by atoms with Crippen LogP contribution in [0.3, 0.4) is 0 Å². The van der Waals surface area contributed by atoms with Crippen LogP contribution in [0.2, 0.25) is 5.02 Å². The third-order valence-electron chi connectivity index (χ3n) is 3.59. The summed E-state index contributed by atoms with van der Waals surface area (Å²) >= 11 is 6.13. The minimum Gasteiger partial charge on any atom is -0.319 e. The van der Waals surface area contributed by atoms with Gasteiger partial charge in [0.1, 0.15) is 0 Å².